The van der Waals surface area contributed by atoms with Gasteiger partial charge in [0.05, 0.1) is 26.8 Å². The highest BCUT2D eigenvalue weighted by atomic mass is 16.5. The first-order valence-corrected chi connectivity index (χ1v) is 10.9. The number of rotatable bonds is 8. The molecule has 31 heavy (non-hydrogen) atoms. The van der Waals surface area contributed by atoms with Crippen LogP contribution in [0.3, 0.4) is 0 Å². The molecule has 2 N–H and O–H groups in total. The zero-order chi connectivity index (χ0) is 21.6. The third kappa shape index (κ3) is 4.86. The van der Waals surface area contributed by atoms with E-state index in [0.29, 0.717) is 0 Å². The lowest BCUT2D eigenvalue weighted by Crippen LogP contribution is -3.27. The minimum atomic E-state index is -0.0241. The van der Waals surface area contributed by atoms with Gasteiger partial charge >= 0.3 is 0 Å². The zero-order valence-electron chi connectivity index (χ0n) is 18.5. The number of hydrogen-bond donors (Lipinski definition) is 2. The average Bonchev–Trinajstić information content (AvgIpc) is 3.28. The Morgan fingerprint density at radius 1 is 1.00 bits per heavy atom. The fourth-order valence-corrected chi connectivity index (χ4v) is 4.35. The molecule has 2 aromatic carbocycles. The molecule has 8 heteroatoms. The van der Waals surface area contributed by atoms with Crippen LogP contribution in [0.2, 0.25) is 0 Å². The molecule has 0 aliphatic carbocycles. The van der Waals surface area contributed by atoms with Gasteiger partial charge in [0.2, 0.25) is 5.82 Å². The average molecular weight is 425 g/mol. The van der Waals surface area contributed by atoms with Gasteiger partial charge in [-0.15, -0.1) is 5.10 Å². The van der Waals surface area contributed by atoms with E-state index in [-0.39, 0.29) is 6.04 Å². The summed E-state index contributed by atoms with van der Waals surface area (Å²) in [6.07, 6.45) is 0.878. The van der Waals surface area contributed by atoms with Crippen molar-refractivity contribution in [2.45, 2.75) is 19.0 Å². The number of tetrazole rings is 1. The van der Waals surface area contributed by atoms with Crippen molar-refractivity contribution in [1.29, 1.82) is 0 Å². The molecular weight excluding hydrogens is 392 g/mol. The number of aromatic nitrogens is 4. The third-order valence-electron chi connectivity index (χ3n) is 6.17. The second-order valence-corrected chi connectivity index (χ2v) is 8.15. The molecule has 0 spiro atoms. The van der Waals surface area contributed by atoms with Gasteiger partial charge in [-0.2, -0.15) is 0 Å². The number of aryl methyl sites for hydroxylation is 2. The Kier molecular flexibility index (Phi) is 6.79. The van der Waals surface area contributed by atoms with Crippen LogP contribution in [0.1, 0.15) is 23.0 Å². The predicted molar refractivity (Wildman–Crippen MR) is 117 cm³/mol. The van der Waals surface area contributed by atoms with E-state index >= 15 is 0 Å². The van der Waals surface area contributed by atoms with Crippen LogP contribution < -0.4 is 19.3 Å². The summed E-state index contributed by atoms with van der Waals surface area (Å²) >= 11 is 0. The van der Waals surface area contributed by atoms with Crippen molar-refractivity contribution in [1.82, 2.24) is 20.2 Å². The lowest BCUT2D eigenvalue weighted by molar-refractivity contribution is -1.02. The van der Waals surface area contributed by atoms with Crippen LogP contribution in [-0.2, 0) is 13.0 Å². The summed E-state index contributed by atoms with van der Waals surface area (Å²) in [7, 11) is 5.66. The normalized spacial score (nSPS) is 19.7. The Hall–Kier alpha value is -2.97. The molecule has 1 aliphatic heterocycles. The summed E-state index contributed by atoms with van der Waals surface area (Å²) < 4.78 is 13.2. The largest absolute Gasteiger partial charge is 0.497 e. The summed E-state index contributed by atoms with van der Waals surface area (Å²) in [5.74, 6) is 2.52. The summed E-state index contributed by atoms with van der Waals surface area (Å²) in [5.41, 5.74) is 2.34. The van der Waals surface area contributed by atoms with Crippen LogP contribution in [0.25, 0.3) is 0 Å². The number of ether oxygens (including phenoxy) is 2. The third-order valence-corrected chi connectivity index (χ3v) is 6.17. The van der Waals surface area contributed by atoms with Crippen LogP contribution in [0, 0.1) is 0 Å². The molecule has 4 rings (SSSR count). The number of nitrogens with one attached hydrogen (secondary N) is 2. The summed E-state index contributed by atoms with van der Waals surface area (Å²) in [4.78, 5) is 3.01. The van der Waals surface area contributed by atoms with Gasteiger partial charge in [-0.05, 0) is 40.6 Å². The smallest absolute Gasteiger partial charge is 0.214 e. The minimum absolute atomic E-state index is 0.0241. The van der Waals surface area contributed by atoms with E-state index in [1.165, 1.54) is 10.5 Å². The maximum Gasteiger partial charge on any atom is 0.214 e. The Morgan fingerprint density at radius 3 is 2.48 bits per heavy atom. The molecule has 1 fully saturated rings. The van der Waals surface area contributed by atoms with E-state index in [4.69, 9.17) is 9.47 Å². The SMILES string of the molecule is COc1ccc(OC)c([C@H](c2nnnn2CCc2ccccc2)[NH+]2CC[NH+](C)CC2)c1. The summed E-state index contributed by atoms with van der Waals surface area (Å²) in [6, 6.07) is 16.4. The molecule has 0 bridgehead atoms. The quantitative estimate of drug-likeness (QED) is 0.507. The molecule has 3 aromatic rings. The summed E-state index contributed by atoms with van der Waals surface area (Å²) in [6.45, 7) is 5.05. The number of quaternary nitrogens is 2. The topological polar surface area (TPSA) is 70.9 Å². The van der Waals surface area contributed by atoms with Crippen LogP contribution in [0.5, 0.6) is 11.5 Å². The Balaban J connectivity index is 1.70. The monoisotopic (exact) mass is 424 g/mol. The Labute approximate surface area is 183 Å². The van der Waals surface area contributed by atoms with Crippen molar-refractivity contribution in [3.05, 3.63) is 65.5 Å². The first kappa shape index (κ1) is 21.3. The molecule has 0 radical (unpaired) electrons. The molecule has 0 saturated carbocycles. The van der Waals surface area contributed by atoms with E-state index in [9.17, 15) is 0 Å². The van der Waals surface area contributed by atoms with E-state index in [0.717, 1.165) is 62.0 Å². The molecule has 0 unspecified atom stereocenters. The van der Waals surface area contributed by atoms with Crippen molar-refractivity contribution in [2.24, 2.45) is 0 Å². The molecule has 1 aromatic heterocycles. The molecule has 1 atom stereocenters. The van der Waals surface area contributed by atoms with Crippen molar-refractivity contribution in [3.63, 3.8) is 0 Å². The lowest BCUT2D eigenvalue weighted by atomic mass is 10.0. The zero-order valence-corrected chi connectivity index (χ0v) is 18.5. The number of benzene rings is 2. The number of hydrogen-bond acceptors (Lipinski definition) is 5. The maximum absolute atomic E-state index is 5.75. The van der Waals surface area contributed by atoms with Gasteiger partial charge in [0, 0.05) is 6.54 Å². The molecule has 1 saturated heterocycles. The van der Waals surface area contributed by atoms with Gasteiger partial charge in [0.25, 0.3) is 0 Å². The number of methoxy groups -OCH3 is 2. The fraction of sp³-hybridized carbons (Fsp3) is 0.435. The van der Waals surface area contributed by atoms with E-state index < -0.39 is 0 Å². The van der Waals surface area contributed by atoms with Gasteiger partial charge in [0.1, 0.15) is 37.7 Å². The van der Waals surface area contributed by atoms with Crippen LogP contribution in [0.4, 0.5) is 0 Å². The number of likely N-dealkylation sites (N-methyl/N-ethyl adjacent to an activating group) is 1. The van der Waals surface area contributed by atoms with Gasteiger partial charge < -0.3 is 19.3 Å². The maximum atomic E-state index is 5.75. The van der Waals surface area contributed by atoms with E-state index in [2.05, 4.69) is 52.9 Å². The highest BCUT2D eigenvalue weighted by Gasteiger charge is 2.37. The first-order valence-electron chi connectivity index (χ1n) is 10.9. The first-order chi connectivity index (χ1) is 15.2. The minimum Gasteiger partial charge on any atom is -0.497 e. The molecule has 164 valence electrons. The number of piperazine rings is 1. The van der Waals surface area contributed by atoms with Crippen molar-refractivity contribution < 1.29 is 19.3 Å². The molecule has 8 nitrogen and oxygen atoms in total. The molecule has 2 heterocycles. The molecule has 0 amide bonds. The Bertz CT molecular complexity index is 969. The van der Waals surface area contributed by atoms with Gasteiger partial charge in [-0.25, -0.2) is 4.68 Å². The molecular formula is C23H32N6O2+2. The second-order valence-electron chi connectivity index (χ2n) is 8.15. The van der Waals surface area contributed by atoms with E-state index in [1.807, 2.05) is 22.9 Å². The highest BCUT2D eigenvalue weighted by Crippen LogP contribution is 2.31. The Morgan fingerprint density at radius 2 is 1.77 bits per heavy atom. The van der Waals surface area contributed by atoms with Crippen molar-refractivity contribution in [2.75, 3.05) is 47.4 Å². The molecule has 1 aliphatic rings. The van der Waals surface area contributed by atoms with E-state index in [1.54, 1.807) is 19.1 Å². The predicted octanol–water partition coefficient (Wildman–Crippen LogP) is -0.564. The second kappa shape index (κ2) is 9.89. The van der Waals surface area contributed by atoms with Crippen LogP contribution in [-0.4, -0.2) is 67.7 Å². The van der Waals surface area contributed by atoms with Crippen LogP contribution in [0.15, 0.2) is 48.5 Å². The van der Waals surface area contributed by atoms with Crippen molar-refractivity contribution in [3.8, 4) is 11.5 Å². The lowest BCUT2D eigenvalue weighted by Gasteiger charge is -2.33. The van der Waals surface area contributed by atoms with Crippen molar-refractivity contribution >= 4 is 0 Å². The van der Waals surface area contributed by atoms with Crippen LogP contribution >= 0.6 is 0 Å². The van der Waals surface area contributed by atoms with Gasteiger partial charge in [0.15, 0.2) is 6.04 Å². The summed E-state index contributed by atoms with van der Waals surface area (Å²) in [5, 5.41) is 12.9. The van der Waals surface area contributed by atoms with Gasteiger partial charge in [-0.1, -0.05) is 30.3 Å². The van der Waals surface area contributed by atoms with Gasteiger partial charge in [-0.3, -0.25) is 0 Å². The number of nitrogens with zero attached hydrogens (tertiary/aromatic N) is 4. The standard InChI is InChI=1S/C23H30N6O2/c1-27-13-15-28(16-14-27)22(20-17-19(30-2)9-10-21(20)31-3)23-24-25-26-29(23)12-11-18-7-5-4-6-8-18/h4-10,17,22H,11-16H2,1-3H3/p+2/t22-/m1/s1. The fourth-order valence-electron chi connectivity index (χ4n) is 4.35. The highest BCUT2D eigenvalue weighted by molar-refractivity contribution is 5.43.